The molecule has 0 fully saturated rings. The molecule has 0 heterocycles. The number of hydrogen-bond donors (Lipinski definition) is 3. The number of hydrogen-bond acceptors (Lipinski definition) is 6. The zero-order chi connectivity index (χ0) is 22.1. The van der Waals surface area contributed by atoms with Gasteiger partial charge in [0.15, 0.2) is 5.84 Å². The van der Waals surface area contributed by atoms with Crippen LogP contribution in [0.5, 0.6) is 5.75 Å². The minimum absolute atomic E-state index is 0.0104. The van der Waals surface area contributed by atoms with E-state index in [0.29, 0.717) is 22.6 Å². The molecule has 2 rings (SSSR count). The Morgan fingerprint density at radius 1 is 1.10 bits per heavy atom. The topological polar surface area (TPSA) is 113 Å². The molecule has 0 unspecified atom stereocenters. The maximum absolute atomic E-state index is 12.5. The third kappa shape index (κ3) is 7.00. The molecule has 0 bridgehead atoms. The Labute approximate surface area is 169 Å². The number of amides is 1. The molecule has 30 heavy (non-hydrogen) atoms. The van der Waals surface area contributed by atoms with Crippen LogP contribution in [0, 0.1) is 0 Å². The molecule has 0 aliphatic heterocycles. The number of benzene rings is 2. The molecule has 0 spiro atoms. The van der Waals surface area contributed by atoms with Crippen LogP contribution >= 0.6 is 0 Å². The van der Waals surface area contributed by atoms with Gasteiger partial charge in [-0.25, -0.2) is 4.79 Å². The summed E-state index contributed by atoms with van der Waals surface area (Å²) in [7, 11) is 0. The van der Waals surface area contributed by atoms with Crippen LogP contribution in [0.2, 0.25) is 0 Å². The molecule has 2 aromatic carbocycles. The summed E-state index contributed by atoms with van der Waals surface area (Å²) in [6.45, 7) is 1.41. The first kappa shape index (κ1) is 22.5. The molecule has 8 nitrogen and oxygen atoms in total. The number of carbonyl (C=O) groups is 1. The third-order valence-corrected chi connectivity index (χ3v) is 3.73. The third-order valence-electron chi connectivity index (χ3n) is 3.73. The van der Waals surface area contributed by atoms with Gasteiger partial charge in [-0.15, -0.1) is 0 Å². The summed E-state index contributed by atoms with van der Waals surface area (Å²) >= 11 is 0. The van der Waals surface area contributed by atoms with Crippen molar-refractivity contribution in [2.75, 3.05) is 6.61 Å². The molecule has 0 saturated heterocycles. The first-order valence-corrected chi connectivity index (χ1v) is 8.46. The molecule has 1 amide bonds. The van der Waals surface area contributed by atoms with E-state index in [4.69, 9.17) is 19.9 Å². The van der Waals surface area contributed by atoms with Crippen molar-refractivity contribution in [3.63, 3.8) is 0 Å². The van der Waals surface area contributed by atoms with Crippen LogP contribution in [-0.4, -0.2) is 34.6 Å². The van der Waals surface area contributed by atoms with Gasteiger partial charge in [0.1, 0.15) is 19.0 Å². The molecular formula is C19H18F3N3O5. The lowest BCUT2D eigenvalue weighted by atomic mass is 10.1. The molecule has 3 N–H and O–H groups in total. The Kier molecular flexibility index (Phi) is 7.62. The van der Waals surface area contributed by atoms with Gasteiger partial charge in [-0.1, -0.05) is 22.4 Å². The molecule has 2 aromatic rings. The van der Waals surface area contributed by atoms with Gasteiger partial charge in [-0.2, -0.15) is 13.2 Å². The van der Waals surface area contributed by atoms with E-state index in [-0.39, 0.29) is 19.0 Å². The summed E-state index contributed by atoms with van der Waals surface area (Å²) in [4.78, 5) is 15.7. The average molecular weight is 425 g/mol. The van der Waals surface area contributed by atoms with Crippen LogP contribution in [0.1, 0.15) is 23.6 Å². The van der Waals surface area contributed by atoms with Crippen molar-refractivity contribution in [2.45, 2.75) is 19.7 Å². The highest BCUT2D eigenvalue weighted by molar-refractivity contribution is 5.98. The summed E-state index contributed by atoms with van der Waals surface area (Å²) in [6, 6.07) is 11.2. The maximum Gasteiger partial charge on any atom is 0.416 e. The number of rotatable bonds is 7. The van der Waals surface area contributed by atoms with Gasteiger partial charge >= 0.3 is 12.3 Å². The van der Waals surface area contributed by atoms with E-state index < -0.39 is 17.8 Å². The van der Waals surface area contributed by atoms with Crippen molar-refractivity contribution in [2.24, 2.45) is 10.3 Å². The van der Waals surface area contributed by atoms with Gasteiger partial charge in [0.05, 0.1) is 11.3 Å². The summed E-state index contributed by atoms with van der Waals surface area (Å²) in [6.07, 6.45) is -5.77. The van der Waals surface area contributed by atoms with Crippen molar-refractivity contribution < 1.29 is 37.9 Å². The quantitative estimate of drug-likeness (QED) is 0.268. The highest BCUT2D eigenvalue weighted by Gasteiger charge is 2.29. The predicted molar refractivity (Wildman–Crippen MR) is 101 cm³/mol. The summed E-state index contributed by atoms with van der Waals surface area (Å²) in [5, 5.41) is 25.8. The number of oxime groups is 2. The summed E-state index contributed by atoms with van der Waals surface area (Å²) in [5.74, 6) is 0.117. The van der Waals surface area contributed by atoms with Crippen molar-refractivity contribution in [3.8, 4) is 5.75 Å². The van der Waals surface area contributed by atoms with Crippen LogP contribution < -0.4 is 10.1 Å². The average Bonchev–Trinajstić information content (AvgIpc) is 2.71. The number of amidine groups is 1. The van der Waals surface area contributed by atoms with Gasteiger partial charge in [0, 0.05) is 0 Å². The molecule has 0 radical (unpaired) electrons. The summed E-state index contributed by atoms with van der Waals surface area (Å²) in [5.41, 5.74) is 1.04. The normalized spacial score (nSPS) is 12.4. The largest absolute Gasteiger partial charge is 0.486 e. The van der Waals surface area contributed by atoms with E-state index >= 15 is 0 Å². The van der Waals surface area contributed by atoms with Gasteiger partial charge in [0.25, 0.3) is 0 Å². The maximum atomic E-state index is 12.5. The molecule has 0 aromatic heterocycles. The molecular weight excluding hydrogens is 407 g/mol. The van der Waals surface area contributed by atoms with Crippen LogP contribution in [0.4, 0.5) is 18.0 Å². The SMILES string of the molecule is CC(=NOCc1ccc(C(F)(F)F)cc1)c1ccc(OCC(=NO)NC(=O)O)cc1. The van der Waals surface area contributed by atoms with Crippen molar-refractivity contribution in [1.82, 2.24) is 5.32 Å². The van der Waals surface area contributed by atoms with Gasteiger partial charge < -0.3 is 19.9 Å². The minimum atomic E-state index is -4.39. The predicted octanol–water partition coefficient (Wildman–Crippen LogP) is 4.08. The Balaban J connectivity index is 1.88. The highest BCUT2D eigenvalue weighted by Crippen LogP contribution is 2.29. The zero-order valence-corrected chi connectivity index (χ0v) is 15.7. The van der Waals surface area contributed by atoms with Crippen molar-refractivity contribution >= 4 is 17.6 Å². The lowest BCUT2D eigenvalue weighted by Gasteiger charge is -2.08. The number of carboxylic acid groups (broad SMARTS) is 1. The van der Waals surface area contributed by atoms with E-state index in [2.05, 4.69) is 10.3 Å². The minimum Gasteiger partial charge on any atom is -0.486 e. The smallest absolute Gasteiger partial charge is 0.416 e. The van der Waals surface area contributed by atoms with Gasteiger partial charge in [0.2, 0.25) is 0 Å². The van der Waals surface area contributed by atoms with E-state index in [1.165, 1.54) is 12.1 Å². The second kappa shape index (κ2) is 10.1. The van der Waals surface area contributed by atoms with E-state index in [1.807, 2.05) is 5.32 Å². The van der Waals surface area contributed by atoms with E-state index in [9.17, 15) is 18.0 Å². The second-order valence-corrected chi connectivity index (χ2v) is 5.93. The van der Waals surface area contributed by atoms with Gasteiger partial charge in [-0.05, 0) is 54.4 Å². The number of nitrogens with one attached hydrogen (secondary N) is 1. The molecule has 11 heteroatoms. The van der Waals surface area contributed by atoms with Crippen molar-refractivity contribution in [1.29, 1.82) is 0 Å². The van der Waals surface area contributed by atoms with Crippen molar-refractivity contribution in [3.05, 3.63) is 65.2 Å². The number of alkyl halides is 3. The lowest BCUT2D eigenvalue weighted by molar-refractivity contribution is -0.137. The Hall–Kier alpha value is -3.76. The first-order valence-electron chi connectivity index (χ1n) is 8.46. The fraction of sp³-hybridized carbons (Fsp3) is 0.211. The standard InChI is InChI=1S/C19H18F3N3O5/c1-12(25-30-10-13-2-6-15(7-3-13)19(20,21)22)14-4-8-16(9-5-14)29-11-17(24-28)23-18(26)27/h2-9,28H,10-11H2,1H3,(H,23,24)(H,26,27). The fourth-order valence-electron chi connectivity index (χ4n) is 2.20. The number of ether oxygens (including phenoxy) is 1. The van der Waals surface area contributed by atoms with Crippen LogP contribution in [-0.2, 0) is 17.6 Å². The Morgan fingerprint density at radius 3 is 2.27 bits per heavy atom. The molecule has 160 valence electrons. The highest BCUT2D eigenvalue weighted by atomic mass is 19.4. The molecule has 0 atom stereocenters. The van der Waals surface area contributed by atoms with Crippen LogP contribution in [0.25, 0.3) is 0 Å². The number of halogens is 3. The Bertz CT molecular complexity index is 911. The molecule has 0 aliphatic rings. The molecule has 0 saturated carbocycles. The van der Waals surface area contributed by atoms with E-state index in [1.54, 1.807) is 31.2 Å². The lowest BCUT2D eigenvalue weighted by Crippen LogP contribution is -2.33. The number of nitrogens with zero attached hydrogens (tertiary/aromatic N) is 2. The van der Waals surface area contributed by atoms with Crippen LogP contribution in [0.3, 0.4) is 0 Å². The Morgan fingerprint density at radius 2 is 1.73 bits per heavy atom. The zero-order valence-electron chi connectivity index (χ0n) is 15.7. The van der Waals surface area contributed by atoms with E-state index in [0.717, 1.165) is 12.1 Å². The van der Waals surface area contributed by atoms with Gasteiger partial charge in [-0.3, -0.25) is 5.32 Å². The first-order chi connectivity index (χ1) is 14.2. The van der Waals surface area contributed by atoms with Crippen LogP contribution in [0.15, 0.2) is 58.8 Å². The second-order valence-electron chi connectivity index (χ2n) is 5.93. The monoisotopic (exact) mass is 425 g/mol. The fourth-order valence-corrected chi connectivity index (χ4v) is 2.20. The summed E-state index contributed by atoms with van der Waals surface area (Å²) < 4.78 is 42.9. The molecule has 0 aliphatic carbocycles.